The third-order valence-corrected chi connectivity index (χ3v) is 10.3. The van der Waals surface area contributed by atoms with Crippen molar-refractivity contribution in [3.05, 3.63) is 163 Å². The highest BCUT2D eigenvalue weighted by Gasteiger charge is 2.36. The molecule has 0 N–H and O–H groups in total. The van der Waals surface area contributed by atoms with Gasteiger partial charge in [-0.3, -0.25) is 0 Å². The van der Waals surface area contributed by atoms with Crippen molar-refractivity contribution in [3.8, 4) is 39.5 Å². The topological polar surface area (TPSA) is 30.7 Å². The Morgan fingerprint density at radius 3 is 2.00 bits per heavy atom. The lowest BCUT2D eigenvalue weighted by Gasteiger charge is -2.22. The van der Waals surface area contributed by atoms with E-state index in [2.05, 4.69) is 146 Å². The van der Waals surface area contributed by atoms with Crippen LogP contribution in [0.5, 0.6) is 0 Å². The Morgan fingerprint density at radius 2 is 1.15 bits per heavy atom. The maximum absolute atomic E-state index is 5.18. The summed E-state index contributed by atoms with van der Waals surface area (Å²) in [4.78, 5) is 10.1. The average Bonchev–Trinajstić information content (AvgIpc) is 3.57. The summed E-state index contributed by atoms with van der Waals surface area (Å²) in [7, 11) is 0. The van der Waals surface area contributed by atoms with Crippen LogP contribution in [0.3, 0.4) is 0 Å². The molecule has 0 bridgehead atoms. The van der Waals surface area contributed by atoms with Gasteiger partial charge in [0.15, 0.2) is 5.82 Å². The summed E-state index contributed by atoms with van der Waals surface area (Å²) < 4.78 is 2.44. The lowest BCUT2D eigenvalue weighted by atomic mass is 9.81. The molecular formula is C45H31N3. The predicted molar refractivity (Wildman–Crippen MR) is 200 cm³/mol. The fourth-order valence-electron chi connectivity index (χ4n) is 7.96. The number of hydrogen-bond donors (Lipinski definition) is 0. The minimum Gasteiger partial charge on any atom is -0.309 e. The van der Waals surface area contributed by atoms with Gasteiger partial charge in [-0.25, -0.2) is 9.97 Å². The van der Waals surface area contributed by atoms with E-state index in [-0.39, 0.29) is 5.41 Å². The van der Waals surface area contributed by atoms with Gasteiger partial charge in [0.05, 0.1) is 22.2 Å². The summed E-state index contributed by atoms with van der Waals surface area (Å²) in [5, 5.41) is 6.14. The zero-order valence-electron chi connectivity index (χ0n) is 26.8. The van der Waals surface area contributed by atoms with Crippen molar-refractivity contribution in [3.63, 3.8) is 0 Å². The molecule has 0 spiro atoms. The first-order chi connectivity index (χ1) is 23.5. The molecule has 48 heavy (non-hydrogen) atoms. The standard InChI is InChI=1S/C45H31N3/c1-45(2)38-25-30-16-7-6-15-29(30)24-35(38)36-26-37-33-19-9-11-22-41(33)48(42(37)27-39(36)45)32-18-12-17-31(23-32)43-34-20-8-10-21-40(34)46-44(47-43)28-13-4-3-5-14-28/h3-27H,1-2H3. The third kappa shape index (κ3) is 3.88. The molecule has 0 unspecified atom stereocenters. The molecule has 0 atom stereocenters. The van der Waals surface area contributed by atoms with Crippen LogP contribution >= 0.6 is 0 Å². The van der Waals surface area contributed by atoms with E-state index in [4.69, 9.17) is 9.97 Å². The van der Waals surface area contributed by atoms with Gasteiger partial charge >= 0.3 is 0 Å². The summed E-state index contributed by atoms with van der Waals surface area (Å²) >= 11 is 0. The first-order valence-corrected chi connectivity index (χ1v) is 16.6. The highest BCUT2D eigenvalue weighted by atomic mass is 15.0. The molecule has 3 heteroatoms. The first-order valence-electron chi connectivity index (χ1n) is 16.6. The van der Waals surface area contributed by atoms with Crippen molar-refractivity contribution in [2.45, 2.75) is 19.3 Å². The molecular weight excluding hydrogens is 583 g/mol. The molecule has 2 heterocycles. The lowest BCUT2D eigenvalue weighted by Crippen LogP contribution is -2.15. The van der Waals surface area contributed by atoms with Crippen LogP contribution in [0.1, 0.15) is 25.0 Å². The van der Waals surface area contributed by atoms with E-state index in [1.54, 1.807) is 0 Å². The number of fused-ring (bicyclic) bond motifs is 8. The molecule has 7 aromatic carbocycles. The number of para-hydroxylation sites is 2. The van der Waals surface area contributed by atoms with Gasteiger partial charge in [-0.2, -0.15) is 0 Å². The molecule has 0 amide bonds. The molecule has 0 saturated heterocycles. The van der Waals surface area contributed by atoms with Gasteiger partial charge in [0, 0.05) is 38.4 Å². The third-order valence-electron chi connectivity index (χ3n) is 10.3. The van der Waals surface area contributed by atoms with Gasteiger partial charge in [0.2, 0.25) is 0 Å². The molecule has 1 aliphatic carbocycles. The van der Waals surface area contributed by atoms with Crippen molar-refractivity contribution in [2.75, 3.05) is 0 Å². The molecule has 1 aliphatic rings. The molecule has 10 rings (SSSR count). The second-order valence-corrected chi connectivity index (χ2v) is 13.5. The van der Waals surface area contributed by atoms with Gasteiger partial charge in [0.1, 0.15) is 0 Å². The van der Waals surface area contributed by atoms with Crippen LogP contribution in [-0.4, -0.2) is 14.5 Å². The highest BCUT2D eigenvalue weighted by Crippen LogP contribution is 2.52. The number of rotatable bonds is 3. The second kappa shape index (κ2) is 9.97. The summed E-state index contributed by atoms with van der Waals surface area (Å²) in [5.74, 6) is 0.733. The monoisotopic (exact) mass is 613 g/mol. The van der Waals surface area contributed by atoms with Crippen LogP contribution < -0.4 is 0 Å². The normalized spacial score (nSPS) is 13.4. The fourth-order valence-corrected chi connectivity index (χ4v) is 7.96. The van der Waals surface area contributed by atoms with Gasteiger partial charge in [-0.15, -0.1) is 0 Å². The number of nitrogens with zero attached hydrogens (tertiary/aromatic N) is 3. The van der Waals surface area contributed by atoms with E-state index < -0.39 is 0 Å². The molecule has 9 aromatic rings. The fraction of sp³-hybridized carbons (Fsp3) is 0.0667. The largest absolute Gasteiger partial charge is 0.309 e. The summed E-state index contributed by atoms with van der Waals surface area (Å²) in [6.45, 7) is 4.74. The highest BCUT2D eigenvalue weighted by molar-refractivity contribution is 6.12. The maximum atomic E-state index is 5.18. The average molecular weight is 614 g/mol. The minimum absolute atomic E-state index is 0.125. The maximum Gasteiger partial charge on any atom is 0.160 e. The van der Waals surface area contributed by atoms with Gasteiger partial charge in [0.25, 0.3) is 0 Å². The van der Waals surface area contributed by atoms with E-state index in [0.29, 0.717) is 0 Å². The second-order valence-electron chi connectivity index (χ2n) is 13.5. The zero-order chi connectivity index (χ0) is 32.0. The molecule has 0 fully saturated rings. The molecule has 2 aromatic heterocycles. The van der Waals surface area contributed by atoms with Crippen molar-refractivity contribution < 1.29 is 0 Å². The van der Waals surface area contributed by atoms with Gasteiger partial charge in [-0.1, -0.05) is 117 Å². The van der Waals surface area contributed by atoms with Crippen LogP contribution in [0.2, 0.25) is 0 Å². The quantitative estimate of drug-likeness (QED) is 0.198. The first kappa shape index (κ1) is 27.1. The van der Waals surface area contributed by atoms with Crippen molar-refractivity contribution in [2.24, 2.45) is 0 Å². The smallest absolute Gasteiger partial charge is 0.160 e. The van der Waals surface area contributed by atoms with Crippen LogP contribution in [0.15, 0.2) is 152 Å². The van der Waals surface area contributed by atoms with E-state index in [1.807, 2.05) is 24.3 Å². The molecule has 226 valence electrons. The SMILES string of the molecule is CC1(C)c2cc3ccccc3cc2-c2cc3c4ccccc4n(-c4cccc(-c5nc(-c6ccccc6)nc6ccccc56)c4)c3cc21. The Hall–Kier alpha value is -6.06. The number of hydrogen-bond acceptors (Lipinski definition) is 2. The van der Waals surface area contributed by atoms with Gasteiger partial charge < -0.3 is 4.57 Å². The molecule has 0 radical (unpaired) electrons. The Bertz CT molecular complexity index is 2750. The summed E-state index contributed by atoms with van der Waals surface area (Å²) in [6, 6.07) is 54.6. The summed E-state index contributed by atoms with van der Waals surface area (Å²) in [6.07, 6.45) is 0. The zero-order valence-corrected chi connectivity index (χ0v) is 26.8. The number of aromatic nitrogens is 3. The molecule has 0 saturated carbocycles. The van der Waals surface area contributed by atoms with Crippen molar-refractivity contribution in [1.29, 1.82) is 0 Å². The Kier molecular flexibility index (Phi) is 5.63. The van der Waals surface area contributed by atoms with Crippen LogP contribution in [0.4, 0.5) is 0 Å². The van der Waals surface area contributed by atoms with Crippen molar-refractivity contribution >= 4 is 43.5 Å². The Morgan fingerprint density at radius 1 is 0.479 bits per heavy atom. The van der Waals surface area contributed by atoms with E-state index in [9.17, 15) is 0 Å². The molecule has 0 aliphatic heterocycles. The Labute approximate surface area is 278 Å². The lowest BCUT2D eigenvalue weighted by molar-refractivity contribution is 0.662. The van der Waals surface area contributed by atoms with Crippen LogP contribution in [0, 0.1) is 0 Å². The van der Waals surface area contributed by atoms with Crippen LogP contribution in [-0.2, 0) is 5.41 Å². The number of benzene rings is 7. The molecule has 3 nitrogen and oxygen atoms in total. The summed E-state index contributed by atoms with van der Waals surface area (Å²) in [5.41, 5.74) is 12.8. The Balaban J connectivity index is 1.21. The van der Waals surface area contributed by atoms with Gasteiger partial charge in [-0.05, 0) is 81.6 Å². The van der Waals surface area contributed by atoms with E-state index >= 15 is 0 Å². The van der Waals surface area contributed by atoms with Crippen LogP contribution in [0.25, 0.3) is 82.9 Å². The van der Waals surface area contributed by atoms with E-state index in [1.165, 1.54) is 54.8 Å². The predicted octanol–water partition coefficient (Wildman–Crippen LogP) is 11.5. The van der Waals surface area contributed by atoms with E-state index in [0.717, 1.165) is 39.2 Å². The van der Waals surface area contributed by atoms with Crippen molar-refractivity contribution in [1.82, 2.24) is 14.5 Å². The minimum atomic E-state index is -0.125.